The standard InChI is InChI=1S/C21H27NO3.ClH/c1-25-17-5-4-15-10-19-21(24)7-6-16(23)12-20(21,18(15)11-17)8-9-22(19)13-14-2-3-14;/h4-5,11,14,19,24H,2-3,6-10,12-13H2,1H3;1H/t19-,20-,21-;/m1./s1. The molecule has 0 aromatic heterocycles. The Morgan fingerprint density at radius 3 is 2.85 bits per heavy atom. The number of nitrogens with zero attached hydrogens (tertiary/aromatic N) is 1. The third-order valence-electron chi connectivity index (χ3n) is 7.37. The van der Waals surface area contributed by atoms with Gasteiger partial charge in [-0.1, -0.05) is 6.07 Å². The van der Waals surface area contributed by atoms with Gasteiger partial charge in [-0.15, -0.1) is 12.4 Å². The number of hydrogen-bond acceptors (Lipinski definition) is 4. The lowest BCUT2D eigenvalue weighted by atomic mass is 9.49. The van der Waals surface area contributed by atoms with Gasteiger partial charge in [-0.25, -0.2) is 0 Å². The number of ketones is 1. The number of halogens is 1. The molecule has 3 fully saturated rings. The zero-order chi connectivity index (χ0) is 17.2. The molecule has 5 heteroatoms. The number of carbonyl (C=O) groups excluding carboxylic acids is 1. The fourth-order valence-corrected chi connectivity index (χ4v) is 5.86. The quantitative estimate of drug-likeness (QED) is 0.880. The SMILES string of the molecule is COc1ccc2c(c1)[C@]13CCN(CC4CC4)[C@H](C2)[C@]1(O)CCC(=O)C3.Cl. The molecule has 3 aliphatic carbocycles. The van der Waals surface area contributed by atoms with Crippen molar-refractivity contribution in [3.05, 3.63) is 29.3 Å². The van der Waals surface area contributed by atoms with E-state index in [4.69, 9.17) is 4.74 Å². The number of hydrogen-bond donors (Lipinski definition) is 1. The second-order valence-electron chi connectivity index (χ2n) is 8.65. The number of ether oxygens (including phenoxy) is 1. The number of methoxy groups -OCH3 is 1. The fourth-order valence-electron chi connectivity index (χ4n) is 5.86. The summed E-state index contributed by atoms with van der Waals surface area (Å²) in [6.45, 7) is 2.11. The van der Waals surface area contributed by atoms with Gasteiger partial charge in [0.1, 0.15) is 11.5 Å². The summed E-state index contributed by atoms with van der Waals surface area (Å²) >= 11 is 0. The number of rotatable bonds is 3. The predicted octanol–water partition coefficient (Wildman–Crippen LogP) is 2.88. The van der Waals surface area contributed by atoms with Crippen LogP contribution in [0.4, 0.5) is 0 Å². The van der Waals surface area contributed by atoms with Gasteiger partial charge >= 0.3 is 0 Å². The van der Waals surface area contributed by atoms with Crippen molar-refractivity contribution < 1.29 is 14.6 Å². The maximum absolute atomic E-state index is 12.4. The molecule has 0 spiro atoms. The topological polar surface area (TPSA) is 49.8 Å². The van der Waals surface area contributed by atoms with Crippen LogP contribution in [0.5, 0.6) is 5.75 Å². The second-order valence-corrected chi connectivity index (χ2v) is 8.65. The minimum atomic E-state index is -0.784. The van der Waals surface area contributed by atoms with E-state index in [2.05, 4.69) is 17.0 Å². The van der Waals surface area contributed by atoms with E-state index in [0.29, 0.717) is 25.0 Å². The lowest BCUT2D eigenvalue weighted by Crippen LogP contribution is -2.73. The molecule has 4 aliphatic rings. The Morgan fingerprint density at radius 1 is 1.31 bits per heavy atom. The number of carbonyl (C=O) groups is 1. The number of fused-ring (bicyclic) bond motifs is 1. The van der Waals surface area contributed by atoms with Crippen LogP contribution < -0.4 is 4.74 Å². The summed E-state index contributed by atoms with van der Waals surface area (Å²) in [5.41, 5.74) is 1.26. The van der Waals surface area contributed by atoms with E-state index in [0.717, 1.165) is 37.6 Å². The van der Waals surface area contributed by atoms with Crippen LogP contribution in [0.15, 0.2) is 18.2 Å². The third-order valence-corrected chi connectivity index (χ3v) is 7.37. The average molecular weight is 378 g/mol. The molecule has 0 unspecified atom stereocenters. The lowest BCUT2D eigenvalue weighted by Gasteiger charge is -2.63. The Morgan fingerprint density at radius 2 is 2.12 bits per heavy atom. The Labute approximate surface area is 161 Å². The first-order chi connectivity index (χ1) is 12.1. The van der Waals surface area contributed by atoms with Gasteiger partial charge in [0.15, 0.2) is 0 Å². The first kappa shape index (κ1) is 18.3. The Balaban J connectivity index is 0.00000168. The van der Waals surface area contributed by atoms with E-state index in [1.54, 1.807) is 7.11 Å². The van der Waals surface area contributed by atoms with E-state index in [-0.39, 0.29) is 18.4 Å². The maximum atomic E-state index is 12.4. The summed E-state index contributed by atoms with van der Waals surface area (Å²) in [6, 6.07) is 6.41. The van der Waals surface area contributed by atoms with Crippen molar-refractivity contribution in [3.63, 3.8) is 0 Å². The minimum absolute atomic E-state index is 0. The molecule has 1 saturated heterocycles. The number of Topliss-reactive ketones (excluding diaryl/α,β-unsaturated/α-hetero) is 1. The van der Waals surface area contributed by atoms with Gasteiger partial charge in [-0.2, -0.15) is 0 Å². The van der Waals surface area contributed by atoms with Crippen molar-refractivity contribution in [1.29, 1.82) is 0 Å². The molecule has 0 radical (unpaired) electrons. The van der Waals surface area contributed by atoms with E-state index in [1.807, 2.05) is 6.07 Å². The van der Waals surface area contributed by atoms with Gasteiger partial charge in [0.25, 0.3) is 0 Å². The van der Waals surface area contributed by atoms with Crippen molar-refractivity contribution >= 4 is 18.2 Å². The van der Waals surface area contributed by atoms with Gasteiger partial charge in [0.2, 0.25) is 0 Å². The van der Waals surface area contributed by atoms with Crippen LogP contribution in [0.25, 0.3) is 0 Å². The van der Waals surface area contributed by atoms with Crippen LogP contribution in [-0.4, -0.2) is 47.6 Å². The van der Waals surface area contributed by atoms with Gasteiger partial charge < -0.3 is 9.84 Å². The highest BCUT2D eigenvalue weighted by Crippen LogP contribution is 2.58. The summed E-state index contributed by atoms with van der Waals surface area (Å²) in [6.07, 6.45) is 6.03. The van der Waals surface area contributed by atoms with E-state index < -0.39 is 11.0 Å². The van der Waals surface area contributed by atoms with Gasteiger partial charge in [0.05, 0.1) is 12.7 Å². The van der Waals surface area contributed by atoms with E-state index in [9.17, 15) is 9.90 Å². The van der Waals surface area contributed by atoms with Crippen molar-refractivity contribution in [3.8, 4) is 5.75 Å². The lowest BCUT2D eigenvalue weighted by molar-refractivity contribution is -0.173. The number of likely N-dealkylation sites (tertiary alicyclic amines) is 1. The summed E-state index contributed by atoms with van der Waals surface area (Å²) in [5, 5.41) is 12.0. The molecule has 1 heterocycles. The van der Waals surface area contributed by atoms with Crippen LogP contribution >= 0.6 is 12.4 Å². The van der Waals surface area contributed by atoms with Crippen molar-refractivity contribution in [1.82, 2.24) is 4.90 Å². The largest absolute Gasteiger partial charge is 0.497 e. The van der Waals surface area contributed by atoms with Crippen LogP contribution in [0.1, 0.15) is 49.7 Å². The highest BCUT2D eigenvalue weighted by molar-refractivity contribution is 5.85. The summed E-state index contributed by atoms with van der Waals surface area (Å²) in [4.78, 5) is 15.0. The van der Waals surface area contributed by atoms with Crippen LogP contribution in [0.2, 0.25) is 0 Å². The molecule has 4 nitrogen and oxygen atoms in total. The van der Waals surface area contributed by atoms with E-state index >= 15 is 0 Å². The highest BCUT2D eigenvalue weighted by atomic mass is 35.5. The van der Waals surface area contributed by atoms with E-state index in [1.165, 1.54) is 24.0 Å². The molecule has 1 aliphatic heterocycles. The maximum Gasteiger partial charge on any atom is 0.134 e. The molecule has 3 atom stereocenters. The first-order valence-corrected chi connectivity index (χ1v) is 9.71. The van der Waals surface area contributed by atoms with Crippen LogP contribution in [0.3, 0.4) is 0 Å². The van der Waals surface area contributed by atoms with Crippen LogP contribution in [0, 0.1) is 5.92 Å². The Kier molecular flexibility index (Phi) is 4.37. The molecule has 142 valence electrons. The second kappa shape index (κ2) is 6.22. The molecule has 26 heavy (non-hydrogen) atoms. The van der Waals surface area contributed by atoms with Crippen molar-refractivity contribution in [2.45, 2.75) is 62.0 Å². The third kappa shape index (κ3) is 2.45. The predicted molar refractivity (Wildman–Crippen MR) is 102 cm³/mol. The number of aliphatic hydroxyl groups is 1. The monoisotopic (exact) mass is 377 g/mol. The molecule has 1 aromatic carbocycles. The molecular formula is C21H28ClNO3. The zero-order valence-corrected chi connectivity index (χ0v) is 16.2. The fraction of sp³-hybridized carbons (Fsp3) is 0.667. The van der Waals surface area contributed by atoms with Gasteiger partial charge in [-0.05, 0) is 67.8 Å². The highest BCUT2D eigenvalue weighted by Gasteiger charge is 2.64. The number of piperidine rings is 1. The summed E-state index contributed by atoms with van der Waals surface area (Å²) in [7, 11) is 1.68. The Hall–Kier alpha value is -1.10. The molecule has 0 amide bonds. The first-order valence-electron chi connectivity index (χ1n) is 9.71. The summed E-state index contributed by atoms with van der Waals surface area (Å²) < 4.78 is 5.46. The number of benzene rings is 1. The van der Waals surface area contributed by atoms with Gasteiger partial charge in [0, 0.05) is 30.8 Å². The van der Waals surface area contributed by atoms with Gasteiger partial charge in [-0.3, -0.25) is 9.69 Å². The molecule has 1 N–H and O–H groups in total. The summed E-state index contributed by atoms with van der Waals surface area (Å²) in [5.74, 6) is 1.95. The van der Waals surface area contributed by atoms with Crippen LogP contribution in [-0.2, 0) is 16.6 Å². The smallest absolute Gasteiger partial charge is 0.134 e. The molecule has 2 bridgehead atoms. The molecule has 5 rings (SSSR count). The Bertz CT molecular complexity index is 734. The van der Waals surface area contributed by atoms with Crippen molar-refractivity contribution in [2.75, 3.05) is 20.2 Å². The van der Waals surface area contributed by atoms with Crippen molar-refractivity contribution in [2.24, 2.45) is 5.92 Å². The normalized spacial score (nSPS) is 35.9. The zero-order valence-electron chi connectivity index (χ0n) is 15.4. The minimum Gasteiger partial charge on any atom is -0.497 e. The molecular weight excluding hydrogens is 350 g/mol. The molecule has 1 aromatic rings. The molecule has 2 saturated carbocycles. The average Bonchev–Trinajstić information content (AvgIpc) is 3.42.